The zero-order valence-electron chi connectivity index (χ0n) is 12.6. The summed E-state index contributed by atoms with van der Waals surface area (Å²) >= 11 is 0. The molecule has 1 fully saturated rings. The molecule has 0 spiro atoms. The van der Waals surface area contributed by atoms with Gasteiger partial charge < -0.3 is 10.2 Å². The molecule has 4 heteroatoms. The number of rotatable bonds is 5. The van der Waals surface area contributed by atoms with Gasteiger partial charge in [-0.25, -0.2) is 0 Å². The van der Waals surface area contributed by atoms with Crippen LogP contribution in [0.25, 0.3) is 0 Å². The minimum absolute atomic E-state index is 0.0121. The van der Waals surface area contributed by atoms with Crippen molar-refractivity contribution in [1.82, 2.24) is 15.2 Å². The van der Waals surface area contributed by atoms with Crippen molar-refractivity contribution in [3.63, 3.8) is 0 Å². The first-order valence-electron chi connectivity index (χ1n) is 7.59. The van der Waals surface area contributed by atoms with E-state index in [0.29, 0.717) is 11.5 Å². The monoisotopic (exact) mass is 275 g/mol. The van der Waals surface area contributed by atoms with Crippen LogP contribution in [-0.4, -0.2) is 42.5 Å². The van der Waals surface area contributed by atoms with Gasteiger partial charge in [0.1, 0.15) is 0 Å². The molecule has 0 saturated carbocycles. The van der Waals surface area contributed by atoms with Crippen molar-refractivity contribution in [2.75, 3.05) is 26.7 Å². The number of hydrogen-bond donors (Lipinski definition) is 1. The molecule has 110 valence electrons. The van der Waals surface area contributed by atoms with Gasteiger partial charge in [-0.1, -0.05) is 6.92 Å². The highest BCUT2D eigenvalue weighted by Gasteiger charge is 2.18. The molecule has 0 aromatic carbocycles. The average molecular weight is 275 g/mol. The molecule has 1 aliphatic rings. The van der Waals surface area contributed by atoms with E-state index in [1.54, 1.807) is 6.20 Å². The van der Waals surface area contributed by atoms with Crippen molar-refractivity contribution in [2.45, 2.75) is 32.6 Å². The summed E-state index contributed by atoms with van der Waals surface area (Å²) in [5, 5.41) is 2.90. The Morgan fingerprint density at radius 1 is 1.50 bits per heavy atom. The summed E-state index contributed by atoms with van der Waals surface area (Å²) < 4.78 is 0. The molecule has 0 aliphatic carbocycles. The first kappa shape index (κ1) is 15.0. The van der Waals surface area contributed by atoms with Crippen molar-refractivity contribution in [2.24, 2.45) is 5.92 Å². The molecular weight excluding hydrogens is 250 g/mol. The summed E-state index contributed by atoms with van der Waals surface area (Å²) in [6.45, 7) is 5.12. The molecule has 1 saturated heterocycles. The van der Waals surface area contributed by atoms with Gasteiger partial charge in [0.05, 0.1) is 5.56 Å². The van der Waals surface area contributed by atoms with Crippen LogP contribution in [0, 0.1) is 5.92 Å². The predicted octanol–water partition coefficient (Wildman–Crippen LogP) is 2.11. The number of amides is 1. The zero-order chi connectivity index (χ0) is 14.4. The third-order valence-corrected chi connectivity index (χ3v) is 3.84. The number of likely N-dealkylation sites (tertiary alicyclic amines) is 1. The Labute approximate surface area is 121 Å². The van der Waals surface area contributed by atoms with E-state index < -0.39 is 0 Å². The summed E-state index contributed by atoms with van der Waals surface area (Å²) in [6, 6.07) is 1.99. The van der Waals surface area contributed by atoms with Gasteiger partial charge in [-0.15, -0.1) is 0 Å². The topological polar surface area (TPSA) is 45.2 Å². The number of aromatic nitrogens is 1. The van der Waals surface area contributed by atoms with Crippen LogP contribution in [0.2, 0.25) is 0 Å². The molecule has 0 radical (unpaired) electrons. The fourth-order valence-electron chi connectivity index (χ4n) is 2.84. The van der Waals surface area contributed by atoms with Gasteiger partial charge in [0.2, 0.25) is 0 Å². The van der Waals surface area contributed by atoms with Gasteiger partial charge in [0.25, 0.3) is 5.91 Å². The number of pyridine rings is 1. The zero-order valence-corrected chi connectivity index (χ0v) is 12.6. The lowest BCUT2D eigenvalue weighted by atomic mass is 9.92. The summed E-state index contributed by atoms with van der Waals surface area (Å²) in [4.78, 5) is 18.6. The highest BCUT2D eigenvalue weighted by Crippen LogP contribution is 2.19. The van der Waals surface area contributed by atoms with Crippen LogP contribution in [0.15, 0.2) is 18.5 Å². The quantitative estimate of drug-likeness (QED) is 0.895. The molecule has 1 aromatic rings. The Hall–Kier alpha value is -1.42. The molecule has 0 unspecified atom stereocenters. The number of carbonyl (C=O) groups is 1. The standard InChI is InChI=1S/C16H25N3O/c1-3-6-18-16(20)15-9-14(10-17-11-15)8-13-5-4-7-19(2)12-13/h9-11,13H,3-8,12H2,1-2H3,(H,18,20)/t13-/m0/s1. The first-order valence-corrected chi connectivity index (χ1v) is 7.59. The highest BCUT2D eigenvalue weighted by atomic mass is 16.1. The largest absolute Gasteiger partial charge is 0.352 e. The predicted molar refractivity (Wildman–Crippen MR) is 80.8 cm³/mol. The summed E-state index contributed by atoms with van der Waals surface area (Å²) in [5.41, 5.74) is 1.86. The minimum Gasteiger partial charge on any atom is -0.352 e. The Morgan fingerprint density at radius 3 is 3.10 bits per heavy atom. The van der Waals surface area contributed by atoms with Crippen LogP contribution >= 0.6 is 0 Å². The fraction of sp³-hybridized carbons (Fsp3) is 0.625. The molecule has 1 atom stereocenters. The number of nitrogens with one attached hydrogen (secondary N) is 1. The smallest absolute Gasteiger partial charge is 0.252 e. The lowest BCUT2D eigenvalue weighted by Crippen LogP contribution is -2.33. The Bertz CT molecular complexity index is 447. The number of piperidine rings is 1. The summed E-state index contributed by atoms with van der Waals surface area (Å²) in [7, 11) is 2.18. The molecule has 20 heavy (non-hydrogen) atoms. The summed E-state index contributed by atoms with van der Waals surface area (Å²) in [5.74, 6) is 0.673. The second-order valence-electron chi connectivity index (χ2n) is 5.81. The van der Waals surface area contributed by atoms with Crippen LogP contribution in [-0.2, 0) is 6.42 Å². The van der Waals surface area contributed by atoms with Gasteiger partial charge >= 0.3 is 0 Å². The molecule has 2 rings (SSSR count). The first-order chi connectivity index (χ1) is 9.69. The third-order valence-electron chi connectivity index (χ3n) is 3.84. The van der Waals surface area contributed by atoms with Crippen LogP contribution in [0.3, 0.4) is 0 Å². The second kappa shape index (κ2) is 7.39. The van der Waals surface area contributed by atoms with Crippen molar-refractivity contribution in [1.29, 1.82) is 0 Å². The fourth-order valence-corrected chi connectivity index (χ4v) is 2.84. The maximum Gasteiger partial charge on any atom is 0.252 e. The Balaban J connectivity index is 1.96. The lowest BCUT2D eigenvalue weighted by Gasteiger charge is -2.29. The van der Waals surface area contributed by atoms with Crippen LogP contribution < -0.4 is 5.32 Å². The van der Waals surface area contributed by atoms with Gasteiger partial charge in [0, 0.05) is 25.5 Å². The molecule has 1 amide bonds. The molecule has 0 bridgehead atoms. The van der Waals surface area contributed by atoms with Crippen molar-refractivity contribution in [3.05, 3.63) is 29.6 Å². The minimum atomic E-state index is -0.0121. The normalized spacial score (nSPS) is 19.8. The second-order valence-corrected chi connectivity index (χ2v) is 5.81. The van der Waals surface area contributed by atoms with Gasteiger partial charge in [0.15, 0.2) is 0 Å². The number of nitrogens with zero attached hydrogens (tertiary/aromatic N) is 2. The summed E-state index contributed by atoms with van der Waals surface area (Å²) in [6.07, 6.45) is 8.06. The molecule has 1 aromatic heterocycles. The molecule has 1 N–H and O–H groups in total. The molecule has 4 nitrogen and oxygen atoms in total. The van der Waals surface area contributed by atoms with E-state index in [4.69, 9.17) is 0 Å². The van der Waals surface area contributed by atoms with E-state index in [0.717, 1.165) is 25.9 Å². The van der Waals surface area contributed by atoms with Crippen molar-refractivity contribution >= 4 is 5.91 Å². The van der Waals surface area contributed by atoms with Crippen molar-refractivity contribution < 1.29 is 4.79 Å². The SMILES string of the molecule is CCCNC(=O)c1cncc(C[C@@H]2CCCN(C)C2)c1. The van der Waals surface area contributed by atoms with Gasteiger partial charge in [-0.05, 0) is 56.8 Å². The van der Waals surface area contributed by atoms with Gasteiger partial charge in [-0.3, -0.25) is 9.78 Å². The molecule has 1 aliphatic heterocycles. The Morgan fingerprint density at radius 2 is 2.35 bits per heavy atom. The average Bonchev–Trinajstić information content (AvgIpc) is 2.45. The number of carbonyl (C=O) groups excluding carboxylic acids is 1. The van der Waals surface area contributed by atoms with E-state index in [-0.39, 0.29) is 5.91 Å². The number of hydrogen-bond acceptors (Lipinski definition) is 3. The van der Waals surface area contributed by atoms with E-state index in [9.17, 15) is 4.79 Å². The molecular formula is C16H25N3O. The van der Waals surface area contributed by atoms with E-state index in [1.807, 2.05) is 12.3 Å². The van der Waals surface area contributed by atoms with Crippen molar-refractivity contribution in [3.8, 4) is 0 Å². The highest BCUT2D eigenvalue weighted by molar-refractivity contribution is 5.93. The van der Waals surface area contributed by atoms with Crippen LogP contribution in [0.1, 0.15) is 42.1 Å². The van der Waals surface area contributed by atoms with Crippen LogP contribution in [0.4, 0.5) is 0 Å². The van der Waals surface area contributed by atoms with E-state index in [1.165, 1.54) is 24.9 Å². The van der Waals surface area contributed by atoms with Gasteiger partial charge in [-0.2, -0.15) is 0 Å². The maximum atomic E-state index is 11.9. The maximum absolute atomic E-state index is 11.9. The van der Waals surface area contributed by atoms with E-state index in [2.05, 4.69) is 29.2 Å². The third kappa shape index (κ3) is 4.30. The van der Waals surface area contributed by atoms with Crippen LogP contribution in [0.5, 0.6) is 0 Å². The Kier molecular flexibility index (Phi) is 5.53. The molecule has 2 heterocycles. The lowest BCUT2D eigenvalue weighted by molar-refractivity contribution is 0.0953. The van der Waals surface area contributed by atoms with E-state index >= 15 is 0 Å².